The quantitative estimate of drug-likeness (QED) is 0.862. The number of nitrogens with zero attached hydrogens (tertiary/aromatic N) is 3. The van der Waals surface area contributed by atoms with Gasteiger partial charge in [-0.2, -0.15) is 4.37 Å². The predicted octanol–water partition coefficient (Wildman–Crippen LogP) is 2.59. The molecule has 0 atom stereocenters. The van der Waals surface area contributed by atoms with E-state index in [4.69, 9.17) is 5.73 Å². The van der Waals surface area contributed by atoms with Crippen LogP contribution in [0.25, 0.3) is 0 Å². The molecule has 18 heavy (non-hydrogen) atoms. The molecule has 0 fully saturated rings. The summed E-state index contributed by atoms with van der Waals surface area (Å²) in [5.74, 6) is 0.966. The van der Waals surface area contributed by atoms with Crippen molar-refractivity contribution in [3.05, 3.63) is 35.2 Å². The minimum Gasteiger partial charge on any atom is -0.399 e. The molecule has 1 aliphatic heterocycles. The summed E-state index contributed by atoms with van der Waals surface area (Å²) >= 11 is 1.50. The van der Waals surface area contributed by atoms with E-state index in [1.165, 1.54) is 22.7 Å². The standard InChI is InChI=1S/C13H16N4S/c1-2-3-12-15-13(18-16-12)17-7-9-4-5-11(14)6-10(9)8-17/h4-6H,2-3,7-8,14H2,1H3. The molecule has 2 heterocycles. The molecule has 4 nitrogen and oxygen atoms in total. The number of nitrogens with two attached hydrogens (primary N) is 1. The molecule has 0 spiro atoms. The van der Waals surface area contributed by atoms with E-state index in [2.05, 4.69) is 33.3 Å². The molecule has 0 unspecified atom stereocenters. The number of benzene rings is 1. The molecule has 5 heteroatoms. The highest BCUT2D eigenvalue weighted by Gasteiger charge is 2.21. The Hall–Kier alpha value is -1.62. The van der Waals surface area contributed by atoms with Gasteiger partial charge in [0.05, 0.1) is 0 Å². The molecule has 2 aromatic rings. The third kappa shape index (κ3) is 2.06. The molecule has 2 N–H and O–H groups in total. The zero-order valence-corrected chi connectivity index (χ0v) is 11.2. The minimum absolute atomic E-state index is 0.833. The van der Waals surface area contributed by atoms with Crippen molar-refractivity contribution in [1.29, 1.82) is 0 Å². The topological polar surface area (TPSA) is 55.0 Å². The first kappa shape index (κ1) is 11.5. The van der Waals surface area contributed by atoms with Crippen molar-refractivity contribution >= 4 is 22.4 Å². The fourth-order valence-electron chi connectivity index (χ4n) is 2.25. The van der Waals surface area contributed by atoms with Crippen LogP contribution in [-0.4, -0.2) is 9.36 Å². The van der Waals surface area contributed by atoms with E-state index in [0.29, 0.717) is 0 Å². The maximum Gasteiger partial charge on any atom is 0.205 e. The van der Waals surface area contributed by atoms with Gasteiger partial charge < -0.3 is 10.6 Å². The van der Waals surface area contributed by atoms with Crippen LogP contribution in [0.2, 0.25) is 0 Å². The Labute approximate surface area is 111 Å². The Balaban J connectivity index is 1.80. The number of nitrogen functional groups attached to an aromatic ring is 1. The zero-order chi connectivity index (χ0) is 12.5. The summed E-state index contributed by atoms with van der Waals surface area (Å²) in [5, 5.41) is 1.02. The van der Waals surface area contributed by atoms with Crippen LogP contribution < -0.4 is 10.6 Å². The fraction of sp³-hybridized carbons (Fsp3) is 0.385. The van der Waals surface area contributed by atoms with Crippen molar-refractivity contribution in [2.45, 2.75) is 32.9 Å². The molecule has 0 bridgehead atoms. The SMILES string of the molecule is CCCc1nsc(N2Cc3ccc(N)cc3C2)n1. The summed E-state index contributed by atoms with van der Waals surface area (Å²) in [5.41, 5.74) is 9.30. The lowest BCUT2D eigenvalue weighted by Gasteiger charge is -2.11. The van der Waals surface area contributed by atoms with Gasteiger partial charge in [0.25, 0.3) is 0 Å². The summed E-state index contributed by atoms with van der Waals surface area (Å²) in [6, 6.07) is 6.13. The first-order valence-corrected chi connectivity index (χ1v) is 6.98. The van der Waals surface area contributed by atoms with Crippen LogP contribution >= 0.6 is 11.5 Å². The number of hydrogen-bond acceptors (Lipinski definition) is 5. The van der Waals surface area contributed by atoms with Gasteiger partial charge in [-0.3, -0.25) is 0 Å². The summed E-state index contributed by atoms with van der Waals surface area (Å²) in [4.78, 5) is 6.85. The van der Waals surface area contributed by atoms with Crippen LogP contribution in [0.1, 0.15) is 30.3 Å². The first-order valence-electron chi connectivity index (χ1n) is 6.21. The second-order valence-electron chi connectivity index (χ2n) is 4.63. The van der Waals surface area contributed by atoms with Gasteiger partial charge in [0.1, 0.15) is 5.82 Å². The molecule has 0 saturated heterocycles. The van der Waals surface area contributed by atoms with E-state index in [1.807, 2.05) is 6.07 Å². The number of hydrogen-bond donors (Lipinski definition) is 1. The van der Waals surface area contributed by atoms with Crippen molar-refractivity contribution in [1.82, 2.24) is 9.36 Å². The van der Waals surface area contributed by atoms with Gasteiger partial charge in [0.2, 0.25) is 5.13 Å². The van der Waals surface area contributed by atoms with Crippen molar-refractivity contribution in [3.63, 3.8) is 0 Å². The largest absolute Gasteiger partial charge is 0.399 e. The maximum absolute atomic E-state index is 5.81. The van der Waals surface area contributed by atoms with Crippen molar-refractivity contribution in [2.75, 3.05) is 10.6 Å². The Morgan fingerprint density at radius 2 is 2.17 bits per heavy atom. The Morgan fingerprint density at radius 3 is 3.00 bits per heavy atom. The average Bonchev–Trinajstić information content (AvgIpc) is 2.94. The highest BCUT2D eigenvalue weighted by Crippen LogP contribution is 2.30. The van der Waals surface area contributed by atoms with Crippen molar-refractivity contribution in [3.8, 4) is 0 Å². The summed E-state index contributed by atoms with van der Waals surface area (Å²) in [7, 11) is 0. The highest BCUT2D eigenvalue weighted by atomic mass is 32.1. The molecule has 94 valence electrons. The van der Waals surface area contributed by atoms with Crippen LogP contribution in [0.15, 0.2) is 18.2 Å². The molecule has 3 rings (SSSR count). The van der Waals surface area contributed by atoms with Crippen LogP contribution in [0, 0.1) is 0 Å². The van der Waals surface area contributed by atoms with E-state index in [-0.39, 0.29) is 0 Å². The molecule has 1 aliphatic rings. The highest BCUT2D eigenvalue weighted by molar-refractivity contribution is 7.09. The molecule has 1 aromatic carbocycles. The Bertz CT molecular complexity index is 564. The smallest absolute Gasteiger partial charge is 0.205 e. The third-order valence-corrected chi connectivity index (χ3v) is 3.97. The first-order chi connectivity index (χ1) is 8.76. The average molecular weight is 260 g/mol. The van der Waals surface area contributed by atoms with Crippen LogP contribution in [-0.2, 0) is 19.5 Å². The van der Waals surface area contributed by atoms with Gasteiger partial charge in [-0.15, -0.1) is 0 Å². The lowest BCUT2D eigenvalue weighted by Crippen LogP contribution is -2.14. The van der Waals surface area contributed by atoms with Gasteiger partial charge in [0.15, 0.2) is 0 Å². The number of anilines is 2. The lowest BCUT2D eigenvalue weighted by atomic mass is 10.1. The number of aryl methyl sites for hydroxylation is 1. The summed E-state index contributed by atoms with van der Waals surface area (Å²) < 4.78 is 4.40. The molecule has 0 amide bonds. The summed E-state index contributed by atoms with van der Waals surface area (Å²) in [6.07, 6.45) is 2.05. The maximum atomic E-state index is 5.81. The summed E-state index contributed by atoms with van der Waals surface area (Å²) in [6.45, 7) is 3.95. The molecule has 0 aliphatic carbocycles. The molecular formula is C13H16N4S. The lowest BCUT2D eigenvalue weighted by molar-refractivity contribution is 0.833. The van der Waals surface area contributed by atoms with E-state index in [1.54, 1.807) is 0 Å². The van der Waals surface area contributed by atoms with Crippen LogP contribution in [0.3, 0.4) is 0 Å². The van der Waals surface area contributed by atoms with E-state index in [9.17, 15) is 0 Å². The van der Waals surface area contributed by atoms with Crippen molar-refractivity contribution < 1.29 is 0 Å². The van der Waals surface area contributed by atoms with Crippen LogP contribution in [0.4, 0.5) is 10.8 Å². The van der Waals surface area contributed by atoms with Crippen LogP contribution in [0.5, 0.6) is 0 Å². The molecule has 0 saturated carbocycles. The monoisotopic (exact) mass is 260 g/mol. The van der Waals surface area contributed by atoms with Gasteiger partial charge in [-0.05, 0) is 29.7 Å². The molecular weight excluding hydrogens is 244 g/mol. The van der Waals surface area contributed by atoms with Gasteiger partial charge >= 0.3 is 0 Å². The van der Waals surface area contributed by atoms with E-state index in [0.717, 1.165) is 42.6 Å². The Morgan fingerprint density at radius 1 is 1.33 bits per heavy atom. The number of fused-ring (bicyclic) bond motifs is 1. The molecule has 0 radical (unpaired) electrons. The second-order valence-corrected chi connectivity index (χ2v) is 5.36. The minimum atomic E-state index is 0.833. The zero-order valence-electron chi connectivity index (χ0n) is 10.4. The van der Waals surface area contributed by atoms with E-state index >= 15 is 0 Å². The second kappa shape index (κ2) is 4.57. The number of aromatic nitrogens is 2. The van der Waals surface area contributed by atoms with Crippen molar-refractivity contribution in [2.24, 2.45) is 0 Å². The van der Waals surface area contributed by atoms with Gasteiger partial charge in [-0.1, -0.05) is 13.0 Å². The molecule has 1 aromatic heterocycles. The predicted molar refractivity (Wildman–Crippen MR) is 74.6 cm³/mol. The van der Waals surface area contributed by atoms with Gasteiger partial charge in [-0.25, -0.2) is 4.98 Å². The third-order valence-electron chi connectivity index (χ3n) is 3.15. The normalized spacial score (nSPS) is 13.9. The van der Waals surface area contributed by atoms with Gasteiger partial charge in [0, 0.05) is 36.7 Å². The Kier molecular flexibility index (Phi) is 2.91. The van der Waals surface area contributed by atoms with E-state index < -0.39 is 0 Å². The number of rotatable bonds is 3. The fourth-order valence-corrected chi connectivity index (χ4v) is 2.96.